The molecule has 10 heteroatoms. The Hall–Kier alpha value is -3.37. The first-order valence-electron chi connectivity index (χ1n) is 9.84. The number of hydrogen-bond donors (Lipinski definition) is 2. The lowest BCUT2D eigenvalue weighted by molar-refractivity contribution is 0.0989. The van der Waals surface area contributed by atoms with E-state index < -0.39 is 5.91 Å². The van der Waals surface area contributed by atoms with Gasteiger partial charge in [0.15, 0.2) is 10.8 Å². The monoisotopic (exact) mass is 438 g/mol. The van der Waals surface area contributed by atoms with Gasteiger partial charge in [0.2, 0.25) is 5.01 Å². The van der Waals surface area contributed by atoms with Crippen LogP contribution in [0.2, 0.25) is 0 Å². The summed E-state index contributed by atoms with van der Waals surface area (Å²) in [6.45, 7) is 3.44. The fourth-order valence-electron chi connectivity index (χ4n) is 3.31. The number of carbonyl (C=O) groups is 2. The van der Waals surface area contributed by atoms with Crippen LogP contribution >= 0.6 is 11.3 Å². The van der Waals surface area contributed by atoms with Crippen LogP contribution < -0.4 is 20.3 Å². The molecule has 0 saturated carbocycles. The number of rotatable bonds is 7. The Morgan fingerprint density at radius 2 is 2.00 bits per heavy atom. The first-order valence-corrected chi connectivity index (χ1v) is 10.7. The molecule has 31 heavy (non-hydrogen) atoms. The number of anilines is 2. The number of benzene rings is 1. The Morgan fingerprint density at radius 1 is 1.19 bits per heavy atom. The normalized spacial score (nSPS) is 13.6. The van der Waals surface area contributed by atoms with E-state index in [-0.39, 0.29) is 22.2 Å². The Morgan fingerprint density at radius 3 is 2.81 bits per heavy atom. The van der Waals surface area contributed by atoms with Crippen molar-refractivity contribution in [2.24, 2.45) is 0 Å². The molecule has 0 unspecified atom stereocenters. The number of hydrogen-bond acceptors (Lipinski definition) is 9. The highest BCUT2D eigenvalue weighted by atomic mass is 32.1. The average Bonchev–Trinajstić information content (AvgIpc) is 3.31. The molecular weight excluding hydrogens is 416 g/mol. The molecule has 1 amide bonds. The molecule has 1 aromatic carbocycles. The molecule has 0 radical (unpaired) electrons. The summed E-state index contributed by atoms with van der Waals surface area (Å²) in [6, 6.07) is 9.16. The second-order valence-corrected chi connectivity index (χ2v) is 7.93. The summed E-state index contributed by atoms with van der Waals surface area (Å²) in [5.41, 5.74) is 2.32. The number of ketones is 1. The van der Waals surface area contributed by atoms with Gasteiger partial charge >= 0.3 is 0 Å². The predicted octanol–water partition coefficient (Wildman–Crippen LogP) is 2.03. The summed E-state index contributed by atoms with van der Waals surface area (Å²) in [6.07, 6.45) is 3.47. The van der Waals surface area contributed by atoms with Gasteiger partial charge in [-0.25, -0.2) is 0 Å². The Labute approximate surface area is 183 Å². The highest BCUT2D eigenvalue weighted by Crippen LogP contribution is 2.26. The van der Waals surface area contributed by atoms with Gasteiger partial charge in [-0.1, -0.05) is 23.5 Å². The van der Waals surface area contributed by atoms with Gasteiger partial charge in [-0.3, -0.25) is 14.6 Å². The zero-order valence-corrected chi connectivity index (χ0v) is 17.8. The molecule has 160 valence electrons. The van der Waals surface area contributed by atoms with E-state index in [1.54, 1.807) is 25.6 Å². The molecule has 0 spiro atoms. The number of pyridine rings is 1. The van der Waals surface area contributed by atoms with Crippen LogP contribution in [0, 0.1) is 0 Å². The maximum atomic E-state index is 12.7. The highest BCUT2D eigenvalue weighted by Gasteiger charge is 2.20. The Kier molecular flexibility index (Phi) is 6.48. The molecule has 0 aliphatic carbocycles. The molecule has 3 aromatic rings. The molecule has 2 N–H and O–H groups in total. The van der Waals surface area contributed by atoms with Gasteiger partial charge in [0.1, 0.15) is 5.75 Å². The van der Waals surface area contributed by atoms with Gasteiger partial charge < -0.3 is 20.3 Å². The largest absolute Gasteiger partial charge is 0.497 e. The van der Waals surface area contributed by atoms with Gasteiger partial charge in [0, 0.05) is 38.8 Å². The summed E-state index contributed by atoms with van der Waals surface area (Å²) in [5.74, 6) is 0.0643. The molecule has 2 aromatic heterocycles. The SMILES string of the molecule is COc1cccc(CC(=O)c2nnc(C(=O)Nc3cnccc3N3CCNCC3)s2)c1. The van der Waals surface area contributed by atoms with Crippen molar-refractivity contribution >= 4 is 34.4 Å². The van der Waals surface area contributed by atoms with Crippen molar-refractivity contribution in [3.05, 3.63) is 58.3 Å². The predicted molar refractivity (Wildman–Crippen MR) is 118 cm³/mol. The van der Waals surface area contributed by atoms with Gasteiger partial charge in [0.05, 0.1) is 24.7 Å². The zero-order chi connectivity index (χ0) is 21.6. The molecule has 3 heterocycles. The maximum Gasteiger partial charge on any atom is 0.286 e. The standard InChI is InChI=1S/C21H22N6O3S/c1-30-15-4-2-3-14(11-15)12-18(28)20-25-26-21(31-20)19(29)24-16-13-23-6-5-17(16)27-9-7-22-8-10-27/h2-6,11,13,22H,7-10,12H2,1H3,(H,24,29). The minimum atomic E-state index is -0.415. The van der Waals surface area contributed by atoms with Crippen molar-refractivity contribution in [2.75, 3.05) is 43.5 Å². The van der Waals surface area contributed by atoms with Gasteiger partial charge in [-0.05, 0) is 23.8 Å². The lowest BCUT2D eigenvalue weighted by Gasteiger charge is -2.30. The van der Waals surface area contributed by atoms with Gasteiger partial charge in [-0.2, -0.15) is 0 Å². The van der Waals surface area contributed by atoms with E-state index >= 15 is 0 Å². The quantitative estimate of drug-likeness (QED) is 0.540. The van der Waals surface area contributed by atoms with Crippen molar-refractivity contribution in [3.63, 3.8) is 0 Å². The minimum absolute atomic E-state index is 0.129. The number of amides is 1. The Bertz CT molecular complexity index is 1080. The fourth-order valence-corrected chi connectivity index (χ4v) is 3.99. The highest BCUT2D eigenvalue weighted by molar-refractivity contribution is 7.15. The molecule has 1 saturated heterocycles. The van der Waals surface area contributed by atoms with Crippen LogP contribution in [0.1, 0.15) is 25.2 Å². The van der Waals surface area contributed by atoms with E-state index in [2.05, 4.69) is 30.7 Å². The number of methoxy groups -OCH3 is 1. The summed E-state index contributed by atoms with van der Waals surface area (Å²) in [5, 5.41) is 14.3. The minimum Gasteiger partial charge on any atom is -0.497 e. The number of ether oxygens (including phenoxy) is 1. The van der Waals surface area contributed by atoms with Gasteiger partial charge in [-0.15, -0.1) is 10.2 Å². The number of carbonyl (C=O) groups excluding carboxylic acids is 2. The number of piperazine rings is 1. The van der Waals surface area contributed by atoms with E-state index in [1.807, 2.05) is 24.3 Å². The topological polar surface area (TPSA) is 109 Å². The van der Waals surface area contributed by atoms with Crippen LogP contribution in [0.25, 0.3) is 0 Å². The summed E-state index contributed by atoms with van der Waals surface area (Å²) < 4.78 is 5.19. The van der Waals surface area contributed by atoms with Crippen molar-refractivity contribution in [1.29, 1.82) is 0 Å². The second kappa shape index (κ2) is 9.63. The van der Waals surface area contributed by atoms with Crippen LogP contribution in [0.3, 0.4) is 0 Å². The van der Waals surface area contributed by atoms with E-state index in [4.69, 9.17) is 4.74 Å². The molecule has 0 atom stereocenters. The van der Waals surface area contributed by atoms with Crippen molar-refractivity contribution < 1.29 is 14.3 Å². The first kappa shape index (κ1) is 20.9. The van der Waals surface area contributed by atoms with Crippen LogP contribution in [-0.4, -0.2) is 60.2 Å². The van der Waals surface area contributed by atoms with E-state index in [1.165, 1.54) is 0 Å². The van der Waals surface area contributed by atoms with Crippen LogP contribution in [0.5, 0.6) is 5.75 Å². The fraction of sp³-hybridized carbons (Fsp3) is 0.286. The first-order chi connectivity index (χ1) is 15.1. The van der Waals surface area contributed by atoms with Crippen molar-refractivity contribution in [1.82, 2.24) is 20.5 Å². The third kappa shape index (κ3) is 5.04. The molecule has 1 aliphatic heterocycles. The molecule has 0 bridgehead atoms. The van der Waals surface area contributed by atoms with E-state index in [9.17, 15) is 9.59 Å². The third-order valence-electron chi connectivity index (χ3n) is 4.86. The molecular formula is C21H22N6O3S. The van der Waals surface area contributed by atoms with E-state index in [0.717, 1.165) is 48.8 Å². The number of Topliss-reactive ketones (excluding diaryl/α,β-unsaturated/α-hetero) is 1. The third-order valence-corrected chi connectivity index (χ3v) is 5.82. The molecule has 1 fully saturated rings. The molecule has 1 aliphatic rings. The van der Waals surface area contributed by atoms with Crippen LogP contribution in [0.4, 0.5) is 11.4 Å². The van der Waals surface area contributed by atoms with Crippen LogP contribution in [0.15, 0.2) is 42.7 Å². The number of nitrogens with zero attached hydrogens (tertiary/aromatic N) is 4. The number of nitrogens with one attached hydrogen (secondary N) is 2. The van der Waals surface area contributed by atoms with Crippen LogP contribution in [-0.2, 0) is 6.42 Å². The lowest BCUT2D eigenvalue weighted by atomic mass is 10.1. The second-order valence-electron chi connectivity index (χ2n) is 6.95. The van der Waals surface area contributed by atoms with Gasteiger partial charge in [0.25, 0.3) is 5.91 Å². The Balaban J connectivity index is 1.44. The average molecular weight is 439 g/mol. The molecule has 9 nitrogen and oxygen atoms in total. The summed E-state index contributed by atoms with van der Waals surface area (Å²) in [4.78, 5) is 31.6. The lowest BCUT2D eigenvalue weighted by Crippen LogP contribution is -2.43. The number of aromatic nitrogens is 3. The summed E-state index contributed by atoms with van der Waals surface area (Å²) >= 11 is 0.980. The summed E-state index contributed by atoms with van der Waals surface area (Å²) in [7, 11) is 1.58. The smallest absolute Gasteiger partial charge is 0.286 e. The van der Waals surface area contributed by atoms with E-state index in [0.29, 0.717) is 11.4 Å². The maximum absolute atomic E-state index is 12.7. The van der Waals surface area contributed by atoms with Crippen molar-refractivity contribution in [2.45, 2.75) is 6.42 Å². The zero-order valence-electron chi connectivity index (χ0n) is 17.0. The molecule has 4 rings (SSSR count). The van der Waals surface area contributed by atoms with Crippen molar-refractivity contribution in [3.8, 4) is 5.75 Å².